The third-order valence-corrected chi connectivity index (χ3v) is 17.4. The summed E-state index contributed by atoms with van der Waals surface area (Å²) in [5.41, 5.74) is 12.7. The fourth-order valence-electron chi connectivity index (χ4n) is 11.7. The van der Waals surface area contributed by atoms with Crippen LogP contribution in [0.15, 0.2) is 30.3 Å². The average Bonchev–Trinajstić information content (AvgIpc) is 3.69. The van der Waals surface area contributed by atoms with Gasteiger partial charge in [-0.15, -0.1) is 0 Å². The highest BCUT2D eigenvalue weighted by Gasteiger charge is 2.56. The minimum atomic E-state index is -3.85. The van der Waals surface area contributed by atoms with E-state index in [1.165, 1.54) is 113 Å². The highest BCUT2D eigenvalue weighted by Crippen LogP contribution is 2.62. The number of aryl methyl sites for hydroxylation is 1. The number of hydrogen-bond acceptors (Lipinski definition) is 13. The van der Waals surface area contributed by atoms with Gasteiger partial charge in [0.05, 0.1) is 31.1 Å². The quantitative estimate of drug-likeness (QED) is 0.0107. The number of fused-ring (bicyclic) bond motifs is 5. The maximum atomic E-state index is 14.3. The van der Waals surface area contributed by atoms with E-state index in [9.17, 15) is 34.3 Å². The van der Waals surface area contributed by atoms with Gasteiger partial charge in [0.15, 0.2) is 5.75 Å². The van der Waals surface area contributed by atoms with E-state index in [4.69, 9.17) is 34.5 Å². The Bertz CT molecular complexity index is 2000. The summed E-state index contributed by atoms with van der Waals surface area (Å²) in [6, 6.07) is 8.62. The third-order valence-electron chi connectivity index (χ3n) is 16.0. The average molecular weight is 1030 g/mol. The van der Waals surface area contributed by atoms with Gasteiger partial charge < -0.3 is 40.8 Å². The van der Waals surface area contributed by atoms with Crippen LogP contribution in [0.3, 0.4) is 0 Å². The van der Waals surface area contributed by atoms with E-state index < -0.39 is 49.2 Å². The number of anilines is 1. The zero-order valence-corrected chi connectivity index (χ0v) is 45.0. The lowest BCUT2D eigenvalue weighted by atomic mass is 9.55. The molecule has 7 N–H and O–H groups in total. The first-order valence-corrected chi connectivity index (χ1v) is 29.5. The fourth-order valence-corrected chi connectivity index (χ4v) is 13.0. The van der Waals surface area contributed by atoms with Crippen molar-refractivity contribution in [1.29, 1.82) is 0 Å². The summed E-state index contributed by atoms with van der Waals surface area (Å²) < 4.78 is 43.9. The number of aliphatic hydroxyl groups excluding tert-OH is 2. The number of phenols is 1. The van der Waals surface area contributed by atoms with E-state index in [1.807, 2.05) is 12.1 Å². The molecule has 5 rings (SSSR count). The number of nitrogen functional groups attached to an aromatic ring is 1. The summed E-state index contributed by atoms with van der Waals surface area (Å²) in [7, 11) is -3.85. The van der Waals surface area contributed by atoms with Crippen LogP contribution in [0.4, 0.5) is 5.69 Å². The van der Waals surface area contributed by atoms with Crippen LogP contribution in [0.2, 0.25) is 0 Å². The molecular formula is C57H91N2O12P. The Hall–Kier alpha value is -3.68. The molecule has 0 aliphatic heterocycles. The number of nitrogens with two attached hydrogens (primary N) is 2. The van der Waals surface area contributed by atoms with Crippen molar-refractivity contribution in [3.05, 3.63) is 47.0 Å². The van der Waals surface area contributed by atoms with Gasteiger partial charge in [0.1, 0.15) is 23.2 Å². The second-order valence-electron chi connectivity index (χ2n) is 21.4. The lowest BCUT2D eigenvalue weighted by Gasteiger charge is -2.50. The van der Waals surface area contributed by atoms with E-state index >= 15 is 0 Å². The van der Waals surface area contributed by atoms with Crippen molar-refractivity contribution in [1.82, 2.24) is 0 Å². The van der Waals surface area contributed by atoms with Crippen LogP contribution in [-0.2, 0) is 34.4 Å². The molecule has 3 aliphatic rings. The molecule has 3 aliphatic carbocycles. The predicted octanol–water partition coefficient (Wildman–Crippen LogP) is 13.1. The van der Waals surface area contributed by atoms with E-state index in [2.05, 4.69) is 26.8 Å². The number of aliphatic hydroxyl groups is 2. The zero-order valence-electron chi connectivity index (χ0n) is 44.1. The molecule has 0 spiro atoms. The Morgan fingerprint density at radius 2 is 1.26 bits per heavy atom. The number of unbranched alkanes of at least 4 members (excludes halogenated alkanes) is 18. The maximum Gasteiger partial charge on any atom is 0.530 e. The van der Waals surface area contributed by atoms with Crippen LogP contribution in [0, 0.1) is 17.3 Å². The minimum absolute atomic E-state index is 0.0564. The molecule has 72 heavy (non-hydrogen) atoms. The number of esters is 2. The van der Waals surface area contributed by atoms with Crippen molar-refractivity contribution in [3.63, 3.8) is 0 Å². The topological polar surface area (TPSA) is 227 Å². The molecular weight excluding hydrogens is 936 g/mol. The van der Waals surface area contributed by atoms with Crippen LogP contribution >= 0.6 is 7.82 Å². The highest BCUT2D eigenvalue weighted by atomic mass is 31.2. The second-order valence-corrected chi connectivity index (χ2v) is 23.0. The monoisotopic (exact) mass is 1030 g/mol. The molecule has 0 saturated heterocycles. The number of hydrogen-bond donors (Lipinski definition) is 5. The number of phosphoric acid groups is 1. The molecule has 0 heterocycles. The number of rotatable bonds is 36. The lowest BCUT2D eigenvalue weighted by molar-refractivity contribution is -0.158. The van der Waals surface area contributed by atoms with Crippen molar-refractivity contribution < 1.29 is 57.3 Å². The van der Waals surface area contributed by atoms with Gasteiger partial charge in [0.2, 0.25) is 0 Å². The van der Waals surface area contributed by atoms with Crippen molar-refractivity contribution in [2.75, 3.05) is 18.9 Å². The van der Waals surface area contributed by atoms with Crippen LogP contribution < -0.4 is 20.7 Å². The normalized spacial score (nSPS) is 21.3. The lowest BCUT2D eigenvalue weighted by Crippen LogP contribution is -2.45. The van der Waals surface area contributed by atoms with Crippen LogP contribution in [-0.4, -0.2) is 64.7 Å². The van der Waals surface area contributed by atoms with Gasteiger partial charge in [0, 0.05) is 18.3 Å². The largest absolute Gasteiger partial charge is 0.530 e. The number of carbonyl (C=O) groups is 3. The number of phosphoric ester groups is 1. The SMILES string of the molecule is CCCCCCCCCCCCOP(=O)(OCCCCCCCCCCCC)Oc1ccc2c(c1)CCC1C2CCC2(C)C(OC(=O)CCC(O)C(O)CCC(=O)Oc3ccc(N)c(O)c3C(N)=O)CCC12. The summed E-state index contributed by atoms with van der Waals surface area (Å²) in [5, 5.41) is 31.4. The Morgan fingerprint density at radius 1 is 0.722 bits per heavy atom. The molecule has 406 valence electrons. The smallest absolute Gasteiger partial charge is 0.505 e. The number of benzene rings is 2. The molecule has 0 bridgehead atoms. The molecule has 0 aromatic heterocycles. The summed E-state index contributed by atoms with van der Waals surface area (Å²) in [5.74, 6) is -1.48. The number of aromatic hydroxyl groups is 1. The first-order valence-electron chi connectivity index (χ1n) is 28.1. The molecule has 2 saturated carbocycles. The van der Waals surface area contributed by atoms with E-state index in [0.717, 1.165) is 77.0 Å². The minimum Gasteiger partial charge on any atom is -0.505 e. The van der Waals surface area contributed by atoms with E-state index in [-0.39, 0.29) is 48.6 Å². The van der Waals surface area contributed by atoms with Crippen LogP contribution in [0.5, 0.6) is 17.2 Å². The summed E-state index contributed by atoms with van der Waals surface area (Å²) in [4.78, 5) is 37.6. The van der Waals surface area contributed by atoms with Crippen LogP contribution in [0.1, 0.15) is 234 Å². The Balaban J connectivity index is 1.08. The molecule has 7 atom stereocenters. The second kappa shape index (κ2) is 30.6. The highest BCUT2D eigenvalue weighted by molar-refractivity contribution is 7.48. The standard InChI is InChI=1S/C57H91N2O12P/c1-4-6-8-10-12-14-16-18-20-22-38-67-72(66,68-39-23-21-19-17-15-13-11-9-7-5-2)71-42-25-27-43-41(40-42)24-26-45-44(43)36-37-57(3)46(45)28-33-51(57)70-53(63)35-31-49(61)48(60)30-34-52(62)69-50-32-29-47(58)55(64)54(50)56(59)65/h25,27,29,32,40,44-46,48-49,51,60-61,64H,4-24,26,28,30-31,33-39,58H2,1-3H3,(H2,59,65). The maximum absolute atomic E-state index is 14.3. The number of carbonyl (C=O) groups excluding carboxylic acids is 3. The number of ether oxygens (including phenoxy) is 2. The van der Waals surface area contributed by atoms with Crippen molar-refractivity contribution in [2.24, 2.45) is 23.0 Å². The molecule has 15 heteroatoms. The van der Waals surface area contributed by atoms with E-state index in [0.29, 0.717) is 36.7 Å². The van der Waals surface area contributed by atoms with Crippen molar-refractivity contribution >= 4 is 31.4 Å². The molecule has 0 radical (unpaired) electrons. The van der Waals surface area contributed by atoms with Gasteiger partial charge in [-0.25, -0.2) is 4.57 Å². The summed E-state index contributed by atoms with van der Waals surface area (Å²) in [6.07, 6.45) is 26.0. The third kappa shape index (κ3) is 18.0. The van der Waals surface area contributed by atoms with Crippen LogP contribution in [0.25, 0.3) is 0 Å². The van der Waals surface area contributed by atoms with Gasteiger partial charge in [-0.2, -0.15) is 0 Å². The molecule has 2 aromatic carbocycles. The molecule has 14 nitrogen and oxygen atoms in total. The van der Waals surface area contributed by atoms with Gasteiger partial charge in [0.25, 0.3) is 5.91 Å². The molecule has 2 fully saturated rings. The number of primary amides is 1. The van der Waals surface area contributed by atoms with Gasteiger partial charge in [-0.3, -0.25) is 23.4 Å². The fraction of sp³-hybridized carbons (Fsp3) is 0.737. The first kappa shape index (κ1) is 59.2. The van der Waals surface area contributed by atoms with E-state index in [1.54, 1.807) is 0 Å². The number of amides is 1. The Labute approximate surface area is 431 Å². The van der Waals surface area contributed by atoms with Crippen molar-refractivity contribution in [3.8, 4) is 17.2 Å². The Morgan fingerprint density at radius 3 is 1.82 bits per heavy atom. The first-order chi connectivity index (χ1) is 34.7. The van der Waals surface area contributed by atoms with Gasteiger partial charge >= 0.3 is 19.8 Å². The summed E-state index contributed by atoms with van der Waals surface area (Å²) >= 11 is 0. The van der Waals surface area contributed by atoms with Gasteiger partial charge in [-0.05, 0) is 117 Å². The summed E-state index contributed by atoms with van der Waals surface area (Å²) in [6.45, 7) is 7.43. The predicted molar refractivity (Wildman–Crippen MR) is 282 cm³/mol. The van der Waals surface area contributed by atoms with Crippen molar-refractivity contribution in [2.45, 2.75) is 238 Å². The van der Waals surface area contributed by atoms with Gasteiger partial charge in [-0.1, -0.05) is 142 Å². The molecule has 2 aromatic rings. The Kier molecular flexibility index (Phi) is 25.2. The zero-order chi connectivity index (χ0) is 51.9. The molecule has 1 amide bonds. The molecule has 7 unspecified atom stereocenters.